The summed E-state index contributed by atoms with van der Waals surface area (Å²) in [5.41, 5.74) is 5.99. The van der Waals surface area contributed by atoms with Crippen LogP contribution in [0.3, 0.4) is 0 Å². The van der Waals surface area contributed by atoms with E-state index in [2.05, 4.69) is 30.6 Å². The fourth-order valence-electron chi connectivity index (χ4n) is 1.08. The maximum absolute atomic E-state index is 5.99. The molecule has 74 valence electrons. The van der Waals surface area contributed by atoms with E-state index in [1.807, 2.05) is 6.07 Å². The monoisotopic (exact) mass is 198 g/mol. The van der Waals surface area contributed by atoms with E-state index in [4.69, 9.17) is 5.73 Å². The lowest BCUT2D eigenvalue weighted by molar-refractivity contribution is 0.503. The van der Waals surface area contributed by atoms with Gasteiger partial charge in [-0.25, -0.2) is 0 Å². The van der Waals surface area contributed by atoms with Gasteiger partial charge < -0.3 is 11.1 Å². The van der Waals surface area contributed by atoms with Gasteiger partial charge in [-0.2, -0.15) is 0 Å². The van der Waals surface area contributed by atoms with Crippen LogP contribution >= 0.6 is 11.3 Å². The minimum atomic E-state index is 0.147. The summed E-state index contributed by atoms with van der Waals surface area (Å²) in [6.45, 7) is 5.23. The number of rotatable bonds is 5. The second-order valence-corrected chi connectivity index (χ2v) is 4.32. The quantitative estimate of drug-likeness (QED) is 0.760. The molecule has 0 saturated heterocycles. The molecule has 13 heavy (non-hydrogen) atoms. The lowest BCUT2D eigenvalue weighted by atomic mass is 10.2. The molecule has 1 heterocycles. The summed E-state index contributed by atoms with van der Waals surface area (Å²) in [5.74, 6) is 0. The third-order valence-corrected chi connectivity index (χ3v) is 3.21. The van der Waals surface area contributed by atoms with Gasteiger partial charge in [0, 0.05) is 17.5 Å². The zero-order valence-corrected chi connectivity index (χ0v) is 9.10. The summed E-state index contributed by atoms with van der Waals surface area (Å²) < 4.78 is 0. The molecule has 0 radical (unpaired) electrons. The molecule has 2 nitrogen and oxygen atoms in total. The fraction of sp³-hybridized carbons (Fsp3) is 0.600. The van der Waals surface area contributed by atoms with Crippen molar-refractivity contribution in [3.8, 4) is 0 Å². The van der Waals surface area contributed by atoms with Crippen molar-refractivity contribution in [2.45, 2.75) is 32.4 Å². The Labute approximate surface area is 84.2 Å². The molecule has 0 saturated carbocycles. The molecule has 0 bridgehead atoms. The van der Waals surface area contributed by atoms with E-state index < -0.39 is 0 Å². The van der Waals surface area contributed by atoms with Crippen LogP contribution in [0.25, 0.3) is 0 Å². The highest BCUT2D eigenvalue weighted by molar-refractivity contribution is 7.10. The van der Waals surface area contributed by atoms with Crippen LogP contribution < -0.4 is 11.1 Å². The summed E-state index contributed by atoms with van der Waals surface area (Å²) in [7, 11) is 0. The third-order valence-electron chi connectivity index (χ3n) is 2.21. The molecule has 0 aliphatic rings. The van der Waals surface area contributed by atoms with Crippen molar-refractivity contribution in [1.82, 2.24) is 5.32 Å². The molecular formula is C10H18N2S. The first-order valence-corrected chi connectivity index (χ1v) is 5.64. The molecular weight excluding hydrogens is 180 g/mol. The highest BCUT2D eigenvalue weighted by atomic mass is 32.1. The van der Waals surface area contributed by atoms with Crippen LogP contribution in [-0.2, 0) is 0 Å². The van der Waals surface area contributed by atoms with Gasteiger partial charge in [0.05, 0.1) is 6.04 Å². The molecule has 3 heteroatoms. The van der Waals surface area contributed by atoms with Crippen LogP contribution in [0.1, 0.15) is 31.2 Å². The van der Waals surface area contributed by atoms with Crippen molar-refractivity contribution in [3.05, 3.63) is 22.4 Å². The van der Waals surface area contributed by atoms with E-state index in [0.29, 0.717) is 6.04 Å². The zero-order valence-electron chi connectivity index (χ0n) is 8.29. The fourth-order valence-corrected chi connectivity index (χ4v) is 1.80. The van der Waals surface area contributed by atoms with Gasteiger partial charge in [-0.3, -0.25) is 0 Å². The summed E-state index contributed by atoms with van der Waals surface area (Å²) >= 11 is 1.73. The number of thiophene rings is 1. The Morgan fingerprint density at radius 3 is 2.92 bits per heavy atom. The minimum Gasteiger partial charge on any atom is -0.322 e. The smallest absolute Gasteiger partial charge is 0.0516 e. The lowest BCUT2D eigenvalue weighted by Gasteiger charge is -2.15. The van der Waals surface area contributed by atoms with Crippen molar-refractivity contribution in [2.24, 2.45) is 5.73 Å². The Morgan fingerprint density at radius 2 is 2.38 bits per heavy atom. The molecule has 0 amide bonds. The summed E-state index contributed by atoms with van der Waals surface area (Å²) in [6, 6.07) is 4.84. The zero-order chi connectivity index (χ0) is 9.68. The van der Waals surface area contributed by atoms with Gasteiger partial charge in [0.2, 0.25) is 0 Å². The molecule has 0 fully saturated rings. The van der Waals surface area contributed by atoms with Crippen molar-refractivity contribution in [3.63, 3.8) is 0 Å². The summed E-state index contributed by atoms with van der Waals surface area (Å²) in [6.07, 6.45) is 1.15. The lowest BCUT2D eigenvalue weighted by Crippen LogP contribution is -2.32. The van der Waals surface area contributed by atoms with Crippen LogP contribution in [0.2, 0.25) is 0 Å². The van der Waals surface area contributed by atoms with Gasteiger partial charge in [0.15, 0.2) is 0 Å². The van der Waals surface area contributed by atoms with E-state index in [0.717, 1.165) is 13.0 Å². The molecule has 2 unspecified atom stereocenters. The topological polar surface area (TPSA) is 38.0 Å². The molecule has 1 aromatic heterocycles. The van der Waals surface area contributed by atoms with Crippen molar-refractivity contribution in [2.75, 3.05) is 6.54 Å². The maximum atomic E-state index is 5.99. The second-order valence-electron chi connectivity index (χ2n) is 3.34. The predicted molar refractivity (Wildman–Crippen MR) is 59.0 cm³/mol. The Balaban J connectivity index is 2.30. The van der Waals surface area contributed by atoms with E-state index in [1.165, 1.54) is 4.88 Å². The number of nitrogens with one attached hydrogen (secondary N) is 1. The Bertz CT molecular complexity index is 221. The standard InChI is InChI=1S/C10H18N2S/c1-3-8(2)12-7-9(11)10-5-4-6-13-10/h4-6,8-9,12H,3,7,11H2,1-2H3. The van der Waals surface area contributed by atoms with Crippen molar-refractivity contribution >= 4 is 11.3 Å². The van der Waals surface area contributed by atoms with E-state index >= 15 is 0 Å². The van der Waals surface area contributed by atoms with Gasteiger partial charge in [0.1, 0.15) is 0 Å². The Morgan fingerprint density at radius 1 is 1.62 bits per heavy atom. The van der Waals surface area contributed by atoms with Crippen LogP contribution in [0.5, 0.6) is 0 Å². The molecule has 1 aromatic rings. The third kappa shape index (κ3) is 3.46. The van der Waals surface area contributed by atoms with Gasteiger partial charge in [-0.1, -0.05) is 13.0 Å². The number of nitrogens with two attached hydrogens (primary N) is 1. The summed E-state index contributed by atoms with van der Waals surface area (Å²) in [5, 5.41) is 5.47. The second kappa shape index (κ2) is 5.37. The van der Waals surface area contributed by atoms with Crippen LogP contribution in [-0.4, -0.2) is 12.6 Å². The van der Waals surface area contributed by atoms with Crippen LogP contribution in [0, 0.1) is 0 Å². The molecule has 2 atom stereocenters. The molecule has 0 aliphatic heterocycles. The molecule has 0 spiro atoms. The molecule has 1 rings (SSSR count). The summed E-state index contributed by atoms with van der Waals surface area (Å²) in [4.78, 5) is 1.26. The first-order chi connectivity index (χ1) is 6.24. The van der Waals surface area contributed by atoms with Gasteiger partial charge in [0.25, 0.3) is 0 Å². The van der Waals surface area contributed by atoms with E-state index in [-0.39, 0.29) is 6.04 Å². The highest BCUT2D eigenvalue weighted by Crippen LogP contribution is 2.15. The van der Waals surface area contributed by atoms with Gasteiger partial charge in [-0.15, -0.1) is 11.3 Å². The SMILES string of the molecule is CCC(C)NCC(N)c1cccs1. The first-order valence-electron chi connectivity index (χ1n) is 4.76. The highest BCUT2D eigenvalue weighted by Gasteiger charge is 2.07. The Hall–Kier alpha value is -0.380. The van der Waals surface area contributed by atoms with Crippen LogP contribution in [0.4, 0.5) is 0 Å². The average Bonchev–Trinajstić information content (AvgIpc) is 2.66. The van der Waals surface area contributed by atoms with Crippen LogP contribution in [0.15, 0.2) is 17.5 Å². The van der Waals surface area contributed by atoms with Crippen molar-refractivity contribution < 1.29 is 0 Å². The number of hydrogen-bond acceptors (Lipinski definition) is 3. The maximum Gasteiger partial charge on any atom is 0.0516 e. The largest absolute Gasteiger partial charge is 0.322 e. The molecule has 3 N–H and O–H groups in total. The molecule has 0 aliphatic carbocycles. The molecule has 0 aromatic carbocycles. The van der Waals surface area contributed by atoms with Gasteiger partial charge in [-0.05, 0) is 24.8 Å². The Kier molecular flexibility index (Phi) is 4.42. The normalized spacial score (nSPS) is 15.6. The van der Waals surface area contributed by atoms with E-state index in [9.17, 15) is 0 Å². The average molecular weight is 198 g/mol. The first kappa shape index (κ1) is 10.7. The van der Waals surface area contributed by atoms with Gasteiger partial charge >= 0.3 is 0 Å². The predicted octanol–water partition coefficient (Wildman–Crippen LogP) is 2.14. The minimum absolute atomic E-state index is 0.147. The van der Waals surface area contributed by atoms with E-state index in [1.54, 1.807) is 11.3 Å². The number of hydrogen-bond donors (Lipinski definition) is 2. The van der Waals surface area contributed by atoms with Crippen molar-refractivity contribution in [1.29, 1.82) is 0 Å².